The van der Waals surface area contributed by atoms with Crippen molar-refractivity contribution in [1.82, 2.24) is 5.32 Å². The lowest BCUT2D eigenvalue weighted by atomic mass is 9.83. The van der Waals surface area contributed by atoms with Crippen LogP contribution in [0.2, 0.25) is 0 Å². The summed E-state index contributed by atoms with van der Waals surface area (Å²) in [6.07, 6.45) is 5.38. The molecule has 0 unspecified atom stereocenters. The van der Waals surface area contributed by atoms with Gasteiger partial charge in [0.2, 0.25) is 0 Å². The fourth-order valence-corrected chi connectivity index (χ4v) is 4.40. The molecule has 1 aromatic heterocycles. The van der Waals surface area contributed by atoms with Crippen molar-refractivity contribution in [3.63, 3.8) is 0 Å². The number of anilines is 1. The molecule has 26 heavy (non-hydrogen) atoms. The molecule has 0 saturated heterocycles. The van der Waals surface area contributed by atoms with E-state index in [1.54, 1.807) is 12.1 Å². The average molecular weight is 376 g/mol. The maximum absolute atomic E-state index is 13.2. The number of carbonyl (C=O) groups excluding carboxylic acids is 1. The van der Waals surface area contributed by atoms with Crippen LogP contribution in [0.25, 0.3) is 0 Å². The lowest BCUT2D eigenvalue weighted by Gasteiger charge is -2.21. The van der Waals surface area contributed by atoms with Crippen LogP contribution in [0.5, 0.6) is 0 Å². The number of amides is 2. The van der Waals surface area contributed by atoms with Crippen LogP contribution in [0.15, 0.2) is 29.6 Å². The summed E-state index contributed by atoms with van der Waals surface area (Å²) in [5, 5.41) is 17.1. The second-order valence-electron chi connectivity index (χ2n) is 6.47. The van der Waals surface area contributed by atoms with E-state index in [1.807, 2.05) is 5.38 Å². The number of thiophene rings is 1. The van der Waals surface area contributed by atoms with E-state index < -0.39 is 12.0 Å². The summed E-state index contributed by atoms with van der Waals surface area (Å²) < 4.78 is 13.2. The summed E-state index contributed by atoms with van der Waals surface area (Å²) in [6.45, 7) is 0.160. The third-order valence-electron chi connectivity index (χ3n) is 4.65. The summed E-state index contributed by atoms with van der Waals surface area (Å²) >= 11 is 1.24. The van der Waals surface area contributed by atoms with Gasteiger partial charge >= 0.3 is 12.0 Å². The van der Waals surface area contributed by atoms with Crippen molar-refractivity contribution in [3.05, 3.63) is 52.2 Å². The van der Waals surface area contributed by atoms with Crippen molar-refractivity contribution in [1.29, 1.82) is 0 Å². The van der Waals surface area contributed by atoms with E-state index in [1.165, 1.54) is 29.9 Å². The largest absolute Gasteiger partial charge is 0.478 e. The Morgan fingerprint density at radius 3 is 2.69 bits per heavy atom. The molecule has 3 N–H and O–H groups in total. The Morgan fingerprint density at radius 2 is 2.00 bits per heavy atom. The lowest BCUT2D eigenvalue weighted by Crippen LogP contribution is -2.28. The highest BCUT2D eigenvalue weighted by molar-refractivity contribution is 7.15. The second kappa shape index (κ2) is 8.31. The summed E-state index contributed by atoms with van der Waals surface area (Å²) in [6, 6.07) is 5.45. The van der Waals surface area contributed by atoms with Crippen LogP contribution in [0.3, 0.4) is 0 Å². The molecule has 2 aromatic rings. The van der Waals surface area contributed by atoms with Gasteiger partial charge < -0.3 is 10.4 Å². The van der Waals surface area contributed by atoms with Gasteiger partial charge in [0.05, 0.1) is 5.56 Å². The Hall–Kier alpha value is -2.41. The van der Waals surface area contributed by atoms with Crippen LogP contribution in [-0.4, -0.2) is 17.1 Å². The van der Waals surface area contributed by atoms with Gasteiger partial charge in [0.25, 0.3) is 0 Å². The minimum absolute atomic E-state index is 0.160. The summed E-state index contributed by atoms with van der Waals surface area (Å²) in [7, 11) is 0. The highest BCUT2D eigenvalue weighted by Gasteiger charge is 2.26. The quantitative estimate of drug-likeness (QED) is 0.690. The monoisotopic (exact) mass is 376 g/mol. The predicted octanol–water partition coefficient (Wildman–Crippen LogP) is 4.95. The topological polar surface area (TPSA) is 78.4 Å². The molecule has 1 heterocycles. The van der Waals surface area contributed by atoms with Gasteiger partial charge in [-0.25, -0.2) is 14.0 Å². The number of carbonyl (C=O) groups is 2. The van der Waals surface area contributed by atoms with E-state index in [9.17, 15) is 19.1 Å². The van der Waals surface area contributed by atoms with Gasteiger partial charge in [0, 0.05) is 6.54 Å². The third-order valence-corrected chi connectivity index (χ3v) is 5.56. The molecule has 1 aliphatic rings. The van der Waals surface area contributed by atoms with Gasteiger partial charge in [-0.1, -0.05) is 31.4 Å². The van der Waals surface area contributed by atoms with Crippen LogP contribution in [0, 0.1) is 5.82 Å². The standard InChI is InChI=1S/C19H21FN2O3S/c20-14-8-4-5-12(9-14)10-21-19(25)22-17-16(18(23)24)15(11-26-17)13-6-2-1-3-7-13/h4-5,8-9,11,13H,1-3,6-7,10H2,(H,23,24)(H2,21,22,25). The molecule has 1 fully saturated rings. The number of rotatable bonds is 5. The molecule has 0 radical (unpaired) electrons. The van der Waals surface area contributed by atoms with E-state index >= 15 is 0 Å². The number of benzene rings is 1. The first-order valence-electron chi connectivity index (χ1n) is 8.68. The number of aromatic carboxylic acids is 1. The Balaban J connectivity index is 1.67. The lowest BCUT2D eigenvalue weighted by molar-refractivity contribution is 0.0696. The van der Waals surface area contributed by atoms with E-state index in [2.05, 4.69) is 10.6 Å². The van der Waals surface area contributed by atoms with Crippen LogP contribution in [0.1, 0.15) is 59.5 Å². The van der Waals surface area contributed by atoms with Gasteiger partial charge in [0.1, 0.15) is 10.8 Å². The van der Waals surface area contributed by atoms with Crippen molar-refractivity contribution in [3.8, 4) is 0 Å². The van der Waals surface area contributed by atoms with E-state index in [4.69, 9.17) is 0 Å². The Labute approximate surface area is 155 Å². The highest BCUT2D eigenvalue weighted by Crippen LogP contribution is 2.40. The molecule has 1 aromatic carbocycles. The van der Waals surface area contributed by atoms with Gasteiger partial charge in [-0.05, 0) is 47.4 Å². The molecular formula is C19H21FN2O3S. The van der Waals surface area contributed by atoms with Crippen LogP contribution < -0.4 is 10.6 Å². The number of carboxylic acids is 1. The number of hydrogen-bond acceptors (Lipinski definition) is 3. The number of hydrogen-bond donors (Lipinski definition) is 3. The zero-order chi connectivity index (χ0) is 18.5. The van der Waals surface area contributed by atoms with Crippen molar-refractivity contribution < 1.29 is 19.1 Å². The maximum atomic E-state index is 13.2. The zero-order valence-corrected chi connectivity index (χ0v) is 15.1. The number of urea groups is 1. The molecule has 0 aliphatic heterocycles. The fourth-order valence-electron chi connectivity index (χ4n) is 3.37. The number of nitrogens with one attached hydrogen (secondary N) is 2. The molecular weight excluding hydrogens is 355 g/mol. The van der Waals surface area contributed by atoms with Gasteiger partial charge in [0.15, 0.2) is 0 Å². The summed E-state index contributed by atoms with van der Waals surface area (Å²) in [4.78, 5) is 23.9. The van der Waals surface area contributed by atoms with Crippen LogP contribution in [0.4, 0.5) is 14.2 Å². The summed E-state index contributed by atoms with van der Waals surface area (Å²) in [5.41, 5.74) is 1.65. The first-order valence-corrected chi connectivity index (χ1v) is 9.56. The maximum Gasteiger partial charge on any atom is 0.339 e. The molecule has 1 aliphatic carbocycles. The molecule has 3 rings (SSSR count). The minimum atomic E-state index is -1.02. The predicted molar refractivity (Wildman–Crippen MR) is 99.4 cm³/mol. The number of halogens is 1. The van der Waals surface area contributed by atoms with Gasteiger partial charge in [-0.15, -0.1) is 11.3 Å². The smallest absolute Gasteiger partial charge is 0.339 e. The van der Waals surface area contributed by atoms with E-state index in [-0.39, 0.29) is 23.8 Å². The molecule has 0 bridgehead atoms. The molecule has 0 spiro atoms. The van der Waals surface area contributed by atoms with Crippen molar-refractivity contribution >= 4 is 28.3 Å². The summed E-state index contributed by atoms with van der Waals surface area (Å²) in [5.74, 6) is -1.14. The Morgan fingerprint density at radius 1 is 1.23 bits per heavy atom. The Bertz CT molecular complexity index is 800. The van der Waals surface area contributed by atoms with Crippen molar-refractivity contribution in [2.24, 2.45) is 0 Å². The van der Waals surface area contributed by atoms with Crippen LogP contribution in [-0.2, 0) is 6.54 Å². The van der Waals surface area contributed by atoms with Gasteiger partial charge in [-0.3, -0.25) is 5.32 Å². The molecule has 7 heteroatoms. The van der Waals surface area contributed by atoms with Crippen molar-refractivity contribution in [2.75, 3.05) is 5.32 Å². The van der Waals surface area contributed by atoms with E-state index in [0.29, 0.717) is 10.6 Å². The molecule has 138 valence electrons. The molecule has 2 amide bonds. The molecule has 5 nitrogen and oxygen atoms in total. The Kier molecular flexibility index (Phi) is 5.88. The number of carboxylic acid groups (broad SMARTS) is 1. The van der Waals surface area contributed by atoms with E-state index in [0.717, 1.165) is 31.2 Å². The third kappa shape index (κ3) is 4.40. The highest BCUT2D eigenvalue weighted by atomic mass is 32.1. The first-order chi connectivity index (χ1) is 12.5. The van der Waals surface area contributed by atoms with Crippen LogP contribution >= 0.6 is 11.3 Å². The SMILES string of the molecule is O=C(NCc1cccc(F)c1)Nc1scc(C2CCCCC2)c1C(=O)O. The van der Waals surface area contributed by atoms with Gasteiger partial charge in [-0.2, -0.15) is 0 Å². The second-order valence-corrected chi connectivity index (χ2v) is 7.35. The normalized spacial score (nSPS) is 14.8. The fraction of sp³-hybridized carbons (Fsp3) is 0.368. The zero-order valence-electron chi connectivity index (χ0n) is 14.3. The molecule has 0 atom stereocenters. The molecule has 1 saturated carbocycles. The average Bonchev–Trinajstić information content (AvgIpc) is 3.04. The first kappa shape index (κ1) is 18.4. The minimum Gasteiger partial charge on any atom is -0.478 e. The van der Waals surface area contributed by atoms with Crippen molar-refractivity contribution in [2.45, 2.75) is 44.6 Å².